The van der Waals surface area contributed by atoms with Crippen LogP contribution in [0.4, 0.5) is 0 Å². The van der Waals surface area contributed by atoms with Crippen LogP contribution in [0.1, 0.15) is 43.8 Å². The highest BCUT2D eigenvalue weighted by molar-refractivity contribution is 5.38. The SMILES string of the molecule is c1ccc2c(c1)OCC1NC3(CCCCC3)COC21. The zero-order valence-electron chi connectivity index (χ0n) is 11.2. The second-order valence-corrected chi connectivity index (χ2v) is 6.17. The van der Waals surface area contributed by atoms with E-state index in [-0.39, 0.29) is 11.6 Å². The van der Waals surface area contributed by atoms with Crippen LogP contribution >= 0.6 is 0 Å². The topological polar surface area (TPSA) is 30.5 Å². The number of nitrogens with one attached hydrogen (secondary N) is 1. The van der Waals surface area contributed by atoms with E-state index in [4.69, 9.17) is 9.47 Å². The highest BCUT2D eigenvalue weighted by Gasteiger charge is 2.44. The van der Waals surface area contributed by atoms with Crippen molar-refractivity contribution in [1.29, 1.82) is 0 Å². The predicted octanol–water partition coefficient (Wildman–Crippen LogP) is 2.81. The van der Waals surface area contributed by atoms with E-state index in [0.717, 1.165) is 19.0 Å². The van der Waals surface area contributed by atoms with Crippen LogP contribution in [-0.4, -0.2) is 24.8 Å². The van der Waals surface area contributed by atoms with Gasteiger partial charge in [-0.05, 0) is 18.9 Å². The first-order valence-electron chi connectivity index (χ1n) is 7.47. The van der Waals surface area contributed by atoms with Crippen molar-refractivity contribution in [3.05, 3.63) is 29.8 Å². The molecule has 1 spiro atoms. The molecule has 0 bridgehead atoms. The summed E-state index contributed by atoms with van der Waals surface area (Å²) in [5.41, 5.74) is 1.42. The molecule has 2 atom stereocenters. The summed E-state index contributed by atoms with van der Waals surface area (Å²) in [6, 6.07) is 8.57. The maximum Gasteiger partial charge on any atom is 0.125 e. The third kappa shape index (κ3) is 1.96. The predicted molar refractivity (Wildman–Crippen MR) is 73.4 cm³/mol. The van der Waals surface area contributed by atoms with Crippen molar-refractivity contribution in [2.45, 2.75) is 49.8 Å². The Kier molecular flexibility index (Phi) is 2.78. The molecule has 1 aromatic rings. The summed E-state index contributed by atoms with van der Waals surface area (Å²) in [7, 11) is 0. The van der Waals surface area contributed by atoms with Gasteiger partial charge in [-0.2, -0.15) is 0 Å². The van der Waals surface area contributed by atoms with Crippen molar-refractivity contribution in [2.75, 3.05) is 13.2 Å². The smallest absolute Gasteiger partial charge is 0.125 e. The summed E-state index contributed by atoms with van der Waals surface area (Å²) < 4.78 is 12.1. The van der Waals surface area contributed by atoms with E-state index < -0.39 is 0 Å². The van der Waals surface area contributed by atoms with Crippen molar-refractivity contribution in [1.82, 2.24) is 5.32 Å². The lowest BCUT2D eigenvalue weighted by molar-refractivity contribution is -0.0927. The van der Waals surface area contributed by atoms with Crippen LogP contribution in [0.15, 0.2) is 24.3 Å². The molecule has 0 amide bonds. The van der Waals surface area contributed by atoms with Gasteiger partial charge in [-0.15, -0.1) is 0 Å². The van der Waals surface area contributed by atoms with E-state index in [1.165, 1.54) is 37.7 Å². The van der Waals surface area contributed by atoms with Gasteiger partial charge in [0.05, 0.1) is 12.6 Å². The molecule has 0 radical (unpaired) electrons. The maximum atomic E-state index is 6.26. The summed E-state index contributed by atoms with van der Waals surface area (Å²) in [4.78, 5) is 0. The molecule has 3 nitrogen and oxygen atoms in total. The Morgan fingerprint density at radius 3 is 2.84 bits per heavy atom. The van der Waals surface area contributed by atoms with Gasteiger partial charge in [-0.3, -0.25) is 0 Å². The summed E-state index contributed by atoms with van der Waals surface area (Å²) in [6.45, 7) is 1.58. The first kappa shape index (κ1) is 11.7. The van der Waals surface area contributed by atoms with Crippen LogP contribution in [0.25, 0.3) is 0 Å². The molecule has 0 aromatic heterocycles. The standard InChI is InChI=1S/C16H21NO2/c1-4-8-16(9-5-1)11-19-15-12-6-2-3-7-14(12)18-10-13(15)17-16/h2-3,6-7,13,15,17H,1,4-5,8-11H2. The first-order chi connectivity index (χ1) is 9.36. The minimum Gasteiger partial charge on any atom is -0.491 e. The molecule has 2 fully saturated rings. The van der Waals surface area contributed by atoms with E-state index in [1.807, 2.05) is 12.1 Å². The number of hydrogen-bond donors (Lipinski definition) is 1. The zero-order valence-corrected chi connectivity index (χ0v) is 11.2. The monoisotopic (exact) mass is 259 g/mol. The summed E-state index contributed by atoms with van der Waals surface area (Å²) in [5.74, 6) is 0.991. The van der Waals surface area contributed by atoms with Gasteiger partial charge < -0.3 is 14.8 Å². The number of para-hydroxylation sites is 1. The van der Waals surface area contributed by atoms with Gasteiger partial charge in [0.15, 0.2) is 0 Å². The highest BCUT2D eigenvalue weighted by Crippen LogP contribution is 2.41. The zero-order chi connectivity index (χ0) is 12.7. The Morgan fingerprint density at radius 2 is 1.95 bits per heavy atom. The Morgan fingerprint density at radius 1 is 1.11 bits per heavy atom. The first-order valence-corrected chi connectivity index (χ1v) is 7.47. The lowest BCUT2D eigenvalue weighted by atomic mass is 9.79. The van der Waals surface area contributed by atoms with Crippen molar-refractivity contribution >= 4 is 0 Å². The fraction of sp³-hybridized carbons (Fsp3) is 0.625. The number of rotatable bonds is 0. The molecule has 1 saturated carbocycles. The minimum absolute atomic E-state index is 0.164. The normalized spacial score (nSPS) is 32.2. The molecule has 3 heteroatoms. The van der Waals surface area contributed by atoms with E-state index in [9.17, 15) is 0 Å². The lowest BCUT2D eigenvalue weighted by Gasteiger charge is -2.49. The van der Waals surface area contributed by atoms with Crippen LogP contribution in [0.2, 0.25) is 0 Å². The Labute approximate surface area is 114 Å². The fourth-order valence-corrected chi connectivity index (χ4v) is 3.86. The van der Waals surface area contributed by atoms with Crippen LogP contribution in [0, 0.1) is 0 Å². The average molecular weight is 259 g/mol. The van der Waals surface area contributed by atoms with Crippen LogP contribution in [0.3, 0.4) is 0 Å². The second kappa shape index (κ2) is 4.50. The molecule has 1 aromatic carbocycles. The maximum absolute atomic E-state index is 6.26. The van der Waals surface area contributed by atoms with Crippen molar-refractivity contribution < 1.29 is 9.47 Å². The lowest BCUT2D eigenvalue weighted by Crippen LogP contribution is -2.63. The third-order valence-corrected chi connectivity index (χ3v) is 4.85. The fourth-order valence-electron chi connectivity index (χ4n) is 3.86. The van der Waals surface area contributed by atoms with Crippen molar-refractivity contribution in [3.63, 3.8) is 0 Å². The molecule has 19 heavy (non-hydrogen) atoms. The molecule has 1 N–H and O–H groups in total. The summed E-state index contributed by atoms with van der Waals surface area (Å²) >= 11 is 0. The number of fused-ring (bicyclic) bond motifs is 3. The molecule has 2 heterocycles. The van der Waals surface area contributed by atoms with Crippen molar-refractivity contribution in [3.8, 4) is 5.75 Å². The molecule has 2 unspecified atom stereocenters. The van der Waals surface area contributed by atoms with Gasteiger partial charge in [0.1, 0.15) is 18.5 Å². The van der Waals surface area contributed by atoms with Gasteiger partial charge in [0, 0.05) is 11.1 Å². The summed E-state index contributed by atoms with van der Waals surface area (Å²) in [5, 5.41) is 3.86. The van der Waals surface area contributed by atoms with Crippen LogP contribution in [-0.2, 0) is 4.74 Å². The molecule has 1 aliphatic carbocycles. The number of ether oxygens (including phenoxy) is 2. The van der Waals surface area contributed by atoms with Gasteiger partial charge in [-0.25, -0.2) is 0 Å². The van der Waals surface area contributed by atoms with Crippen LogP contribution < -0.4 is 10.1 Å². The molecule has 3 aliphatic rings. The van der Waals surface area contributed by atoms with Gasteiger partial charge in [0.2, 0.25) is 0 Å². The Bertz CT molecular complexity index is 468. The van der Waals surface area contributed by atoms with Crippen molar-refractivity contribution in [2.24, 2.45) is 0 Å². The quantitative estimate of drug-likeness (QED) is 0.777. The van der Waals surface area contributed by atoms with E-state index in [0.29, 0.717) is 6.04 Å². The Hall–Kier alpha value is -1.06. The third-order valence-electron chi connectivity index (χ3n) is 4.85. The highest BCUT2D eigenvalue weighted by atomic mass is 16.5. The molecule has 2 aliphatic heterocycles. The number of morpholine rings is 1. The number of benzene rings is 1. The van der Waals surface area contributed by atoms with E-state index in [2.05, 4.69) is 17.4 Å². The van der Waals surface area contributed by atoms with Crippen LogP contribution in [0.5, 0.6) is 5.75 Å². The molecule has 102 valence electrons. The van der Waals surface area contributed by atoms with E-state index >= 15 is 0 Å². The Balaban J connectivity index is 1.59. The average Bonchev–Trinajstić information content (AvgIpc) is 2.47. The molecular formula is C16H21NO2. The van der Waals surface area contributed by atoms with Gasteiger partial charge in [-0.1, -0.05) is 37.5 Å². The minimum atomic E-state index is 0.164. The molecular weight excluding hydrogens is 238 g/mol. The molecule has 4 rings (SSSR count). The van der Waals surface area contributed by atoms with E-state index in [1.54, 1.807) is 0 Å². The summed E-state index contributed by atoms with van der Waals surface area (Å²) in [6.07, 6.45) is 6.68. The van der Waals surface area contributed by atoms with Gasteiger partial charge >= 0.3 is 0 Å². The number of hydrogen-bond acceptors (Lipinski definition) is 3. The molecule has 1 saturated heterocycles. The largest absolute Gasteiger partial charge is 0.491 e. The van der Waals surface area contributed by atoms with Gasteiger partial charge in [0.25, 0.3) is 0 Å². The second-order valence-electron chi connectivity index (χ2n) is 6.17.